The van der Waals surface area contributed by atoms with Gasteiger partial charge in [0, 0.05) is 16.7 Å². The quantitative estimate of drug-likeness (QED) is 0.343. The Labute approximate surface area is 118 Å². The van der Waals surface area contributed by atoms with Gasteiger partial charge < -0.3 is 16.3 Å². The van der Waals surface area contributed by atoms with Crippen molar-refractivity contribution >= 4 is 17.4 Å². The number of carbonyl (C=O) groups is 1. The van der Waals surface area contributed by atoms with E-state index in [1.54, 1.807) is 12.1 Å². The molecular weight excluding hydrogens is 254 g/mol. The number of amidine groups is 1. The van der Waals surface area contributed by atoms with Gasteiger partial charge >= 0.3 is 0 Å². The van der Waals surface area contributed by atoms with E-state index in [0.717, 1.165) is 31.2 Å². The Morgan fingerprint density at radius 3 is 2.65 bits per heavy atom. The van der Waals surface area contributed by atoms with Gasteiger partial charge in [-0.05, 0) is 31.4 Å². The van der Waals surface area contributed by atoms with Gasteiger partial charge in [0.1, 0.15) is 0 Å². The van der Waals surface area contributed by atoms with Crippen molar-refractivity contribution in [3.8, 4) is 0 Å². The van der Waals surface area contributed by atoms with Gasteiger partial charge in [-0.2, -0.15) is 0 Å². The van der Waals surface area contributed by atoms with Crippen LogP contribution in [-0.2, 0) is 4.79 Å². The average Bonchev–Trinajstić information content (AvgIpc) is 2.88. The second-order valence-electron chi connectivity index (χ2n) is 5.74. The summed E-state index contributed by atoms with van der Waals surface area (Å²) in [7, 11) is 0. The standard InChI is InChI=1S/C15H21N3O2/c1-10-5-6-11(13(16)18-20)9-12(10)17-14(19)15(2)7-3-4-8-15/h5-6,9,20H,3-4,7-8H2,1-2H3,(H2,16,18)(H,17,19). The largest absolute Gasteiger partial charge is 0.409 e. The highest BCUT2D eigenvalue weighted by atomic mass is 16.4. The Bertz CT molecular complexity index is 546. The first kappa shape index (κ1) is 14.4. The van der Waals surface area contributed by atoms with Gasteiger partial charge in [-0.25, -0.2) is 0 Å². The first-order valence-corrected chi connectivity index (χ1v) is 6.86. The van der Waals surface area contributed by atoms with Gasteiger partial charge in [-0.3, -0.25) is 4.79 Å². The second kappa shape index (κ2) is 5.53. The Balaban J connectivity index is 2.22. The van der Waals surface area contributed by atoms with Crippen LogP contribution in [0, 0.1) is 12.3 Å². The van der Waals surface area contributed by atoms with Gasteiger partial charge in [0.2, 0.25) is 5.91 Å². The smallest absolute Gasteiger partial charge is 0.230 e. The summed E-state index contributed by atoms with van der Waals surface area (Å²) in [5.41, 5.74) is 7.56. The van der Waals surface area contributed by atoms with Crippen LogP contribution in [0.4, 0.5) is 5.69 Å². The van der Waals surface area contributed by atoms with Crippen LogP contribution in [0.2, 0.25) is 0 Å². The zero-order chi connectivity index (χ0) is 14.8. The maximum Gasteiger partial charge on any atom is 0.230 e. The Morgan fingerprint density at radius 1 is 1.40 bits per heavy atom. The lowest BCUT2D eigenvalue weighted by atomic mass is 9.87. The molecule has 1 fully saturated rings. The van der Waals surface area contributed by atoms with Gasteiger partial charge in [0.05, 0.1) is 0 Å². The van der Waals surface area contributed by atoms with Crippen LogP contribution in [-0.4, -0.2) is 17.0 Å². The third-order valence-electron chi connectivity index (χ3n) is 4.14. The molecule has 1 aromatic carbocycles. The van der Waals surface area contributed by atoms with Crippen LogP contribution in [0.5, 0.6) is 0 Å². The predicted molar refractivity (Wildman–Crippen MR) is 78.9 cm³/mol. The van der Waals surface area contributed by atoms with Crippen molar-refractivity contribution in [2.75, 3.05) is 5.32 Å². The molecule has 0 saturated heterocycles. The molecule has 1 aromatic rings. The summed E-state index contributed by atoms with van der Waals surface area (Å²) >= 11 is 0. The minimum atomic E-state index is -0.279. The van der Waals surface area contributed by atoms with Crippen molar-refractivity contribution in [1.82, 2.24) is 0 Å². The lowest BCUT2D eigenvalue weighted by molar-refractivity contribution is -0.124. The van der Waals surface area contributed by atoms with Crippen LogP contribution in [0.15, 0.2) is 23.4 Å². The van der Waals surface area contributed by atoms with Gasteiger partial charge in [0.25, 0.3) is 0 Å². The average molecular weight is 275 g/mol. The molecule has 5 heteroatoms. The lowest BCUT2D eigenvalue weighted by Gasteiger charge is -2.23. The SMILES string of the molecule is Cc1ccc(/C(N)=N/O)cc1NC(=O)C1(C)CCCC1. The fourth-order valence-electron chi connectivity index (χ4n) is 2.63. The van der Waals surface area contributed by atoms with E-state index in [0.29, 0.717) is 11.3 Å². The Morgan fingerprint density at radius 2 is 2.05 bits per heavy atom. The number of aryl methyl sites for hydroxylation is 1. The molecule has 0 heterocycles. The topological polar surface area (TPSA) is 87.7 Å². The molecule has 4 N–H and O–H groups in total. The number of anilines is 1. The molecule has 0 radical (unpaired) electrons. The fraction of sp³-hybridized carbons (Fsp3) is 0.467. The highest BCUT2D eigenvalue weighted by Crippen LogP contribution is 2.38. The molecule has 2 rings (SSSR count). The zero-order valence-corrected chi connectivity index (χ0v) is 11.9. The predicted octanol–water partition coefficient (Wildman–Crippen LogP) is 2.61. The molecule has 0 spiro atoms. The molecule has 5 nitrogen and oxygen atoms in total. The number of nitrogens with zero attached hydrogens (tertiary/aromatic N) is 1. The van der Waals surface area contributed by atoms with Crippen molar-refractivity contribution < 1.29 is 10.0 Å². The number of amides is 1. The van der Waals surface area contributed by atoms with Crippen LogP contribution in [0.25, 0.3) is 0 Å². The minimum absolute atomic E-state index is 0.0348. The molecule has 0 unspecified atom stereocenters. The molecule has 0 aromatic heterocycles. The van der Waals surface area contributed by atoms with E-state index < -0.39 is 0 Å². The van der Waals surface area contributed by atoms with E-state index in [4.69, 9.17) is 10.9 Å². The molecular formula is C15H21N3O2. The molecule has 1 aliphatic carbocycles. The van der Waals surface area contributed by atoms with Crippen LogP contribution >= 0.6 is 0 Å². The number of oxime groups is 1. The fourth-order valence-corrected chi connectivity index (χ4v) is 2.63. The van der Waals surface area contributed by atoms with E-state index in [9.17, 15) is 4.79 Å². The summed E-state index contributed by atoms with van der Waals surface area (Å²) in [6.07, 6.45) is 4.07. The van der Waals surface area contributed by atoms with E-state index in [1.807, 2.05) is 19.9 Å². The van der Waals surface area contributed by atoms with Crippen molar-refractivity contribution in [3.05, 3.63) is 29.3 Å². The third kappa shape index (κ3) is 2.76. The summed E-state index contributed by atoms with van der Waals surface area (Å²) < 4.78 is 0. The maximum atomic E-state index is 12.4. The Kier molecular flexibility index (Phi) is 3.97. The number of nitrogens with one attached hydrogen (secondary N) is 1. The third-order valence-corrected chi connectivity index (χ3v) is 4.14. The summed E-state index contributed by atoms with van der Waals surface area (Å²) in [6, 6.07) is 5.35. The first-order chi connectivity index (χ1) is 9.46. The van der Waals surface area contributed by atoms with Crippen molar-refractivity contribution in [2.45, 2.75) is 39.5 Å². The minimum Gasteiger partial charge on any atom is -0.409 e. The molecule has 0 bridgehead atoms. The van der Waals surface area contributed by atoms with Crippen LogP contribution in [0.1, 0.15) is 43.7 Å². The monoisotopic (exact) mass is 275 g/mol. The molecule has 108 valence electrons. The molecule has 1 aliphatic rings. The van der Waals surface area contributed by atoms with Crippen LogP contribution < -0.4 is 11.1 Å². The van der Waals surface area contributed by atoms with E-state index in [-0.39, 0.29) is 17.2 Å². The maximum absolute atomic E-state index is 12.4. The van der Waals surface area contributed by atoms with E-state index in [1.165, 1.54) is 0 Å². The summed E-state index contributed by atoms with van der Waals surface area (Å²) in [6.45, 7) is 3.93. The lowest BCUT2D eigenvalue weighted by Crippen LogP contribution is -2.31. The first-order valence-electron chi connectivity index (χ1n) is 6.86. The molecule has 0 atom stereocenters. The number of nitrogens with two attached hydrogens (primary N) is 1. The molecule has 1 amide bonds. The van der Waals surface area contributed by atoms with Crippen molar-refractivity contribution in [1.29, 1.82) is 0 Å². The summed E-state index contributed by atoms with van der Waals surface area (Å²) in [5.74, 6) is 0.0855. The summed E-state index contributed by atoms with van der Waals surface area (Å²) in [4.78, 5) is 12.4. The molecule has 0 aliphatic heterocycles. The second-order valence-corrected chi connectivity index (χ2v) is 5.74. The number of hydrogen-bond donors (Lipinski definition) is 3. The number of rotatable bonds is 3. The van der Waals surface area contributed by atoms with Gasteiger partial charge in [0.15, 0.2) is 5.84 Å². The number of carbonyl (C=O) groups excluding carboxylic acids is 1. The highest BCUT2D eigenvalue weighted by molar-refractivity contribution is 6.00. The Hall–Kier alpha value is -2.04. The molecule has 1 saturated carbocycles. The highest BCUT2D eigenvalue weighted by Gasteiger charge is 2.36. The zero-order valence-electron chi connectivity index (χ0n) is 11.9. The van der Waals surface area contributed by atoms with Crippen molar-refractivity contribution in [2.24, 2.45) is 16.3 Å². The number of benzene rings is 1. The van der Waals surface area contributed by atoms with Gasteiger partial charge in [-0.1, -0.05) is 37.1 Å². The molecule has 20 heavy (non-hydrogen) atoms. The number of hydrogen-bond acceptors (Lipinski definition) is 3. The van der Waals surface area contributed by atoms with E-state index >= 15 is 0 Å². The van der Waals surface area contributed by atoms with Crippen molar-refractivity contribution in [3.63, 3.8) is 0 Å². The van der Waals surface area contributed by atoms with E-state index in [2.05, 4.69) is 10.5 Å². The summed E-state index contributed by atoms with van der Waals surface area (Å²) in [5, 5.41) is 14.7. The van der Waals surface area contributed by atoms with Crippen LogP contribution in [0.3, 0.4) is 0 Å². The van der Waals surface area contributed by atoms with Gasteiger partial charge in [-0.15, -0.1) is 0 Å². The normalized spacial score (nSPS) is 18.0.